The van der Waals surface area contributed by atoms with Crippen LogP contribution in [-0.4, -0.2) is 13.6 Å². The third-order valence-corrected chi connectivity index (χ3v) is 6.25. The van der Waals surface area contributed by atoms with Crippen LogP contribution in [0.25, 0.3) is 0 Å². The Balaban J connectivity index is 0.000000226. The maximum Gasteiger partial charge on any atom is 0.0363 e. The van der Waals surface area contributed by atoms with Crippen LogP contribution >= 0.6 is 0 Å². The molecular weight excluding hydrogens is 374 g/mol. The van der Waals surface area contributed by atoms with Gasteiger partial charge in [-0.3, -0.25) is 0 Å². The molecule has 162 valence electrons. The molecule has 2 aromatic rings. The second kappa shape index (κ2) is 11.4. The molecule has 2 atom stereocenters. The highest BCUT2D eigenvalue weighted by Crippen LogP contribution is 2.64. The van der Waals surface area contributed by atoms with E-state index in [0.717, 1.165) is 13.0 Å². The molecule has 1 nitrogen and oxygen atoms in total. The van der Waals surface area contributed by atoms with Crippen LogP contribution in [0.3, 0.4) is 0 Å². The number of rotatable bonds is 6. The zero-order valence-corrected chi connectivity index (χ0v) is 19.5. The van der Waals surface area contributed by atoms with Gasteiger partial charge >= 0.3 is 0 Å². The van der Waals surface area contributed by atoms with E-state index in [9.17, 15) is 0 Å². The largest absolute Gasteiger partial charge is 0.375 e. The van der Waals surface area contributed by atoms with E-state index in [1.54, 1.807) is 0 Å². The predicted octanol–water partition coefficient (Wildman–Crippen LogP) is 7.73. The number of hydrogen-bond donors (Lipinski definition) is 0. The Labute approximate surface area is 189 Å². The van der Waals surface area contributed by atoms with Gasteiger partial charge in [0.15, 0.2) is 0 Å². The van der Waals surface area contributed by atoms with Crippen molar-refractivity contribution in [3.8, 4) is 0 Å². The number of anilines is 1. The Morgan fingerprint density at radius 1 is 1.00 bits per heavy atom. The summed E-state index contributed by atoms with van der Waals surface area (Å²) in [6.45, 7) is 19.3. The van der Waals surface area contributed by atoms with E-state index >= 15 is 0 Å². The first kappa shape index (κ1) is 24.2. The fraction of sp³-hybridized carbons (Fsp3) is 0.267. The van der Waals surface area contributed by atoms with Crippen molar-refractivity contribution in [2.75, 3.05) is 18.5 Å². The van der Waals surface area contributed by atoms with Gasteiger partial charge in [0.05, 0.1) is 0 Å². The standard InChI is InChI=1S/C18H18.C10H15N.C2H4/c1-3-16-11-10-15(17-13-18(16,17)4-2)12-14-8-6-5-7-9-14;1-4-11(3)10-7-5-9(2)6-8-10;1-2/h3-11,17H,1-2,12-13H2;5-8H,4H2,1-3H3;1-2H2. The van der Waals surface area contributed by atoms with E-state index in [4.69, 9.17) is 0 Å². The molecule has 0 bridgehead atoms. The highest BCUT2D eigenvalue weighted by molar-refractivity contribution is 5.50. The molecule has 0 aliphatic heterocycles. The van der Waals surface area contributed by atoms with Gasteiger partial charge in [-0.1, -0.05) is 84.5 Å². The quantitative estimate of drug-likeness (QED) is 0.440. The minimum Gasteiger partial charge on any atom is -0.375 e. The molecule has 4 rings (SSSR count). The lowest BCUT2D eigenvalue weighted by atomic mass is 9.84. The lowest BCUT2D eigenvalue weighted by Gasteiger charge is -2.20. The van der Waals surface area contributed by atoms with Gasteiger partial charge in [-0.05, 0) is 55.9 Å². The Kier molecular flexibility index (Phi) is 8.88. The number of allylic oxidation sites excluding steroid dienone is 6. The summed E-state index contributed by atoms with van der Waals surface area (Å²) in [5.41, 5.74) is 7.06. The van der Waals surface area contributed by atoms with E-state index in [0.29, 0.717) is 5.92 Å². The van der Waals surface area contributed by atoms with E-state index < -0.39 is 0 Å². The second-order valence-electron chi connectivity index (χ2n) is 8.08. The van der Waals surface area contributed by atoms with E-state index in [1.165, 1.54) is 34.4 Å². The van der Waals surface area contributed by atoms with Gasteiger partial charge in [-0.15, -0.1) is 19.7 Å². The Bertz CT molecular complexity index is 917. The van der Waals surface area contributed by atoms with Crippen LogP contribution in [0.15, 0.2) is 116 Å². The van der Waals surface area contributed by atoms with Gasteiger partial charge in [0, 0.05) is 24.7 Å². The third kappa shape index (κ3) is 5.76. The molecule has 0 amide bonds. The highest BCUT2D eigenvalue weighted by atomic mass is 15.1. The van der Waals surface area contributed by atoms with Crippen molar-refractivity contribution in [1.29, 1.82) is 0 Å². The van der Waals surface area contributed by atoms with Gasteiger partial charge in [0.25, 0.3) is 0 Å². The normalized spacial score (nSPS) is 20.3. The van der Waals surface area contributed by atoms with Crippen molar-refractivity contribution >= 4 is 5.69 Å². The third-order valence-electron chi connectivity index (χ3n) is 6.25. The van der Waals surface area contributed by atoms with E-state index in [-0.39, 0.29) is 5.41 Å². The molecule has 31 heavy (non-hydrogen) atoms. The molecule has 1 fully saturated rings. The zero-order chi connectivity index (χ0) is 22.9. The molecule has 1 saturated carbocycles. The lowest BCUT2D eigenvalue weighted by Crippen LogP contribution is -2.15. The number of aryl methyl sites for hydroxylation is 1. The molecule has 0 N–H and O–H groups in total. The molecule has 0 saturated heterocycles. The maximum absolute atomic E-state index is 4.02. The summed E-state index contributed by atoms with van der Waals surface area (Å²) < 4.78 is 0. The summed E-state index contributed by atoms with van der Waals surface area (Å²) in [6.07, 6.45) is 10.9. The van der Waals surface area contributed by atoms with Crippen molar-refractivity contribution < 1.29 is 0 Å². The fourth-order valence-electron chi connectivity index (χ4n) is 4.12. The topological polar surface area (TPSA) is 3.24 Å². The van der Waals surface area contributed by atoms with Crippen LogP contribution in [0.5, 0.6) is 0 Å². The van der Waals surface area contributed by atoms with Crippen molar-refractivity contribution in [2.24, 2.45) is 11.3 Å². The van der Waals surface area contributed by atoms with Gasteiger partial charge in [0.1, 0.15) is 0 Å². The average Bonchev–Trinajstić information content (AvgIpc) is 3.59. The summed E-state index contributed by atoms with van der Waals surface area (Å²) in [6, 6.07) is 19.3. The van der Waals surface area contributed by atoms with Crippen LogP contribution < -0.4 is 4.90 Å². The molecule has 0 heterocycles. The number of fused-ring (bicyclic) bond motifs is 1. The molecular formula is C30H37N. The monoisotopic (exact) mass is 411 g/mol. The predicted molar refractivity (Wildman–Crippen MR) is 139 cm³/mol. The first-order valence-electron chi connectivity index (χ1n) is 11.0. The highest BCUT2D eigenvalue weighted by Gasteiger charge is 2.55. The van der Waals surface area contributed by atoms with E-state index in [2.05, 4.69) is 125 Å². The van der Waals surface area contributed by atoms with Crippen LogP contribution in [0, 0.1) is 18.3 Å². The number of nitrogens with zero attached hydrogens (tertiary/aromatic N) is 1. The molecule has 2 aliphatic rings. The summed E-state index contributed by atoms with van der Waals surface area (Å²) in [7, 11) is 2.10. The number of benzene rings is 2. The first-order valence-corrected chi connectivity index (χ1v) is 11.0. The molecule has 2 aliphatic carbocycles. The van der Waals surface area contributed by atoms with Gasteiger partial charge < -0.3 is 4.90 Å². The smallest absolute Gasteiger partial charge is 0.0363 e. The SMILES string of the molecule is C=C.C=CC1=CC=C(Cc2ccccc2)C2CC12C=C.CCN(C)c1ccc(C)cc1. The minimum atomic E-state index is 0.195. The Morgan fingerprint density at radius 2 is 1.65 bits per heavy atom. The Morgan fingerprint density at radius 3 is 2.19 bits per heavy atom. The van der Waals surface area contributed by atoms with Crippen molar-refractivity contribution in [1.82, 2.24) is 0 Å². The molecule has 0 radical (unpaired) electrons. The average molecular weight is 412 g/mol. The van der Waals surface area contributed by atoms with Crippen LogP contribution in [0.1, 0.15) is 24.5 Å². The molecule has 2 unspecified atom stereocenters. The van der Waals surface area contributed by atoms with Gasteiger partial charge in [-0.25, -0.2) is 0 Å². The van der Waals surface area contributed by atoms with Crippen LogP contribution in [0.4, 0.5) is 5.69 Å². The first-order chi connectivity index (χ1) is 15.0. The fourth-order valence-corrected chi connectivity index (χ4v) is 4.12. The zero-order valence-electron chi connectivity index (χ0n) is 19.5. The number of hydrogen-bond acceptors (Lipinski definition) is 1. The van der Waals surface area contributed by atoms with Crippen LogP contribution in [-0.2, 0) is 6.42 Å². The van der Waals surface area contributed by atoms with Gasteiger partial charge in [-0.2, -0.15) is 0 Å². The van der Waals surface area contributed by atoms with Gasteiger partial charge in [0.2, 0.25) is 0 Å². The molecule has 0 aromatic heterocycles. The lowest BCUT2D eigenvalue weighted by molar-refractivity contribution is 0.708. The Hall–Kier alpha value is -3.06. The minimum absolute atomic E-state index is 0.195. The van der Waals surface area contributed by atoms with Crippen molar-refractivity contribution in [3.63, 3.8) is 0 Å². The summed E-state index contributed by atoms with van der Waals surface area (Å²) in [5.74, 6) is 0.646. The second-order valence-corrected chi connectivity index (χ2v) is 8.08. The van der Waals surface area contributed by atoms with Crippen LogP contribution in [0.2, 0.25) is 0 Å². The van der Waals surface area contributed by atoms with Crippen molar-refractivity contribution in [3.05, 3.63) is 127 Å². The molecule has 1 heteroatoms. The summed E-state index contributed by atoms with van der Waals surface area (Å²) in [5, 5.41) is 0. The van der Waals surface area contributed by atoms with E-state index in [1.807, 2.05) is 6.08 Å². The maximum atomic E-state index is 4.02. The summed E-state index contributed by atoms with van der Waals surface area (Å²) in [4.78, 5) is 2.22. The summed E-state index contributed by atoms with van der Waals surface area (Å²) >= 11 is 0. The van der Waals surface area contributed by atoms with Crippen molar-refractivity contribution in [2.45, 2.75) is 26.7 Å². The molecule has 2 aromatic carbocycles. The molecule has 0 spiro atoms.